The molecule has 184 valence electrons. The molecule has 35 heavy (non-hydrogen) atoms. The van der Waals surface area contributed by atoms with Crippen molar-refractivity contribution in [3.8, 4) is 22.4 Å². The van der Waals surface area contributed by atoms with E-state index in [1.54, 1.807) is 30.2 Å². The van der Waals surface area contributed by atoms with Crippen LogP contribution in [0.15, 0.2) is 36.8 Å². The number of nitrogen functional groups attached to an aromatic ring is 1. The largest absolute Gasteiger partial charge is 0.392 e. The maximum atomic E-state index is 15.4. The van der Waals surface area contributed by atoms with E-state index in [9.17, 15) is 9.90 Å². The first-order valence-electron chi connectivity index (χ1n) is 11.5. The minimum absolute atomic E-state index is 0.0226. The summed E-state index contributed by atoms with van der Waals surface area (Å²) in [4.78, 5) is 29.8. The predicted octanol–water partition coefficient (Wildman–Crippen LogP) is 3.28. The fourth-order valence-corrected chi connectivity index (χ4v) is 4.63. The van der Waals surface area contributed by atoms with Crippen LogP contribution < -0.4 is 5.73 Å². The van der Waals surface area contributed by atoms with Crippen molar-refractivity contribution in [3.05, 3.63) is 58.9 Å². The standard InChI is InChI=1S/C25H28ClFN6O2/c1-3-20-22(16-4-5-21(28)29-12-16)24(31-14-30-20)17-10-18(26)23(19(27)11-17)25(35)33-8-6-32(7-9-33)13-15(2)34/h4-5,10-12,14-15,34H,3,6-9,13H2,1-2H3,(H2,28,29). The first kappa shape index (κ1) is 25.0. The van der Waals surface area contributed by atoms with Crippen LogP contribution in [0.5, 0.6) is 0 Å². The molecule has 0 bridgehead atoms. The maximum Gasteiger partial charge on any atom is 0.258 e. The molecule has 3 heterocycles. The number of nitrogens with zero attached hydrogens (tertiary/aromatic N) is 5. The number of rotatable bonds is 6. The first-order valence-corrected chi connectivity index (χ1v) is 11.9. The number of nitrogens with two attached hydrogens (primary N) is 1. The minimum atomic E-state index is -0.707. The number of piperazine rings is 1. The summed E-state index contributed by atoms with van der Waals surface area (Å²) in [5, 5.41) is 9.60. The van der Waals surface area contributed by atoms with E-state index < -0.39 is 17.8 Å². The molecule has 1 aliphatic rings. The van der Waals surface area contributed by atoms with E-state index in [0.717, 1.165) is 11.3 Å². The van der Waals surface area contributed by atoms with Gasteiger partial charge in [0.2, 0.25) is 0 Å². The second-order valence-corrected chi connectivity index (χ2v) is 9.03. The molecule has 2 aromatic heterocycles. The second kappa shape index (κ2) is 10.6. The summed E-state index contributed by atoms with van der Waals surface area (Å²) in [7, 11) is 0. The van der Waals surface area contributed by atoms with E-state index in [2.05, 4.69) is 19.9 Å². The lowest BCUT2D eigenvalue weighted by atomic mass is 9.96. The van der Waals surface area contributed by atoms with Crippen LogP contribution in [0.4, 0.5) is 10.2 Å². The third-order valence-corrected chi connectivity index (χ3v) is 6.35. The van der Waals surface area contributed by atoms with Gasteiger partial charge in [0.25, 0.3) is 5.91 Å². The highest BCUT2D eigenvalue weighted by Crippen LogP contribution is 2.35. The number of pyridine rings is 1. The number of amides is 1. The van der Waals surface area contributed by atoms with Crippen molar-refractivity contribution in [3.63, 3.8) is 0 Å². The molecule has 1 aromatic carbocycles. The first-order chi connectivity index (χ1) is 16.8. The molecule has 1 fully saturated rings. The van der Waals surface area contributed by atoms with E-state index in [1.807, 2.05) is 13.0 Å². The molecule has 3 N–H and O–H groups in total. The summed E-state index contributed by atoms with van der Waals surface area (Å²) in [6, 6.07) is 6.36. The zero-order valence-corrected chi connectivity index (χ0v) is 20.5. The Morgan fingerprint density at radius 3 is 2.51 bits per heavy atom. The number of benzene rings is 1. The third kappa shape index (κ3) is 5.42. The van der Waals surface area contributed by atoms with Crippen LogP contribution in [0.3, 0.4) is 0 Å². The predicted molar refractivity (Wildman–Crippen MR) is 133 cm³/mol. The summed E-state index contributed by atoms with van der Waals surface area (Å²) in [5.74, 6) is -0.772. The molecular weight excluding hydrogens is 471 g/mol. The van der Waals surface area contributed by atoms with Crippen LogP contribution in [-0.2, 0) is 6.42 Å². The zero-order chi connectivity index (χ0) is 25.1. The normalized spacial score (nSPS) is 15.3. The number of hydrogen-bond acceptors (Lipinski definition) is 7. The van der Waals surface area contributed by atoms with Gasteiger partial charge in [-0.2, -0.15) is 0 Å². The van der Waals surface area contributed by atoms with Crippen molar-refractivity contribution >= 4 is 23.3 Å². The highest BCUT2D eigenvalue weighted by Gasteiger charge is 2.27. The molecule has 8 nitrogen and oxygen atoms in total. The Bertz CT molecular complexity index is 1190. The van der Waals surface area contributed by atoms with Gasteiger partial charge in [-0.15, -0.1) is 0 Å². The van der Waals surface area contributed by atoms with Crippen molar-refractivity contribution in [2.45, 2.75) is 26.4 Å². The van der Waals surface area contributed by atoms with E-state index in [0.29, 0.717) is 61.8 Å². The van der Waals surface area contributed by atoms with E-state index in [-0.39, 0.29) is 10.6 Å². The van der Waals surface area contributed by atoms with Gasteiger partial charge >= 0.3 is 0 Å². The molecule has 0 saturated carbocycles. The van der Waals surface area contributed by atoms with Crippen molar-refractivity contribution in [2.75, 3.05) is 38.5 Å². The van der Waals surface area contributed by atoms with Gasteiger partial charge < -0.3 is 15.7 Å². The fourth-order valence-electron chi connectivity index (χ4n) is 4.35. The van der Waals surface area contributed by atoms with Crippen LogP contribution in [0.1, 0.15) is 29.9 Å². The van der Waals surface area contributed by atoms with Gasteiger partial charge in [0.1, 0.15) is 18.0 Å². The Balaban J connectivity index is 1.66. The number of aromatic nitrogens is 3. The van der Waals surface area contributed by atoms with Gasteiger partial charge in [-0.1, -0.05) is 18.5 Å². The molecule has 10 heteroatoms. The number of aryl methyl sites for hydroxylation is 1. The van der Waals surface area contributed by atoms with Crippen LogP contribution in [0.25, 0.3) is 22.4 Å². The zero-order valence-electron chi connectivity index (χ0n) is 19.7. The molecular formula is C25H28ClFN6O2. The molecule has 1 aliphatic heterocycles. The average molecular weight is 499 g/mol. The van der Waals surface area contributed by atoms with Crippen LogP contribution in [0, 0.1) is 5.82 Å². The lowest BCUT2D eigenvalue weighted by Crippen LogP contribution is -2.50. The van der Waals surface area contributed by atoms with Gasteiger partial charge in [0.15, 0.2) is 0 Å². The van der Waals surface area contributed by atoms with Crippen molar-refractivity contribution < 1.29 is 14.3 Å². The van der Waals surface area contributed by atoms with Gasteiger partial charge in [0.05, 0.1) is 28.1 Å². The number of hydrogen-bond donors (Lipinski definition) is 2. The second-order valence-electron chi connectivity index (χ2n) is 8.63. The van der Waals surface area contributed by atoms with Crippen molar-refractivity contribution in [1.29, 1.82) is 0 Å². The van der Waals surface area contributed by atoms with Gasteiger partial charge in [-0.05, 0) is 37.6 Å². The summed E-state index contributed by atoms with van der Waals surface area (Å²) in [5.41, 5.74) is 8.76. The molecule has 0 radical (unpaired) electrons. The molecule has 1 saturated heterocycles. The van der Waals surface area contributed by atoms with Crippen molar-refractivity contribution in [1.82, 2.24) is 24.8 Å². The number of anilines is 1. The third-order valence-electron chi connectivity index (χ3n) is 6.05. The molecule has 0 aliphatic carbocycles. The molecule has 1 unspecified atom stereocenters. The number of β-amino-alcohol motifs (C(OH)–C–C–N with tert-alkyl or cyclic N) is 1. The Labute approximate surface area is 208 Å². The van der Waals surface area contributed by atoms with E-state index in [4.69, 9.17) is 17.3 Å². The smallest absolute Gasteiger partial charge is 0.258 e. The van der Waals surface area contributed by atoms with Crippen molar-refractivity contribution in [2.24, 2.45) is 0 Å². The number of carbonyl (C=O) groups is 1. The average Bonchev–Trinajstić information content (AvgIpc) is 2.83. The summed E-state index contributed by atoms with van der Waals surface area (Å²) in [6.07, 6.45) is 3.24. The Morgan fingerprint density at radius 2 is 1.91 bits per heavy atom. The summed E-state index contributed by atoms with van der Waals surface area (Å²) >= 11 is 6.49. The number of aliphatic hydroxyl groups is 1. The van der Waals surface area contributed by atoms with Gasteiger partial charge in [-0.3, -0.25) is 9.69 Å². The highest BCUT2D eigenvalue weighted by atomic mass is 35.5. The maximum absolute atomic E-state index is 15.4. The number of aliphatic hydroxyl groups excluding tert-OH is 1. The molecule has 1 amide bonds. The number of carbonyl (C=O) groups excluding carboxylic acids is 1. The van der Waals surface area contributed by atoms with E-state index >= 15 is 4.39 Å². The quantitative estimate of drug-likeness (QED) is 0.536. The SMILES string of the molecule is CCc1ncnc(-c2cc(F)c(C(=O)N3CCN(CC(C)O)CC3)c(Cl)c2)c1-c1ccc(N)nc1. The number of halogens is 2. The molecule has 4 rings (SSSR count). The monoisotopic (exact) mass is 498 g/mol. The lowest BCUT2D eigenvalue weighted by molar-refractivity contribution is 0.0550. The fraction of sp³-hybridized carbons (Fsp3) is 0.360. The van der Waals surface area contributed by atoms with Crippen LogP contribution >= 0.6 is 11.6 Å². The molecule has 1 atom stereocenters. The van der Waals surface area contributed by atoms with Crippen LogP contribution in [0.2, 0.25) is 5.02 Å². The van der Waals surface area contributed by atoms with Gasteiger partial charge in [0, 0.05) is 55.6 Å². The Morgan fingerprint density at radius 1 is 1.17 bits per heavy atom. The van der Waals surface area contributed by atoms with E-state index in [1.165, 1.54) is 12.4 Å². The summed E-state index contributed by atoms with van der Waals surface area (Å²) < 4.78 is 15.4. The minimum Gasteiger partial charge on any atom is -0.392 e. The highest BCUT2D eigenvalue weighted by molar-refractivity contribution is 6.34. The van der Waals surface area contributed by atoms with Crippen LogP contribution in [-0.4, -0.2) is 74.6 Å². The molecule has 0 spiro atoms. The lowest BCUT2D eigenvalue weighted by Gasteiger charge is -2.35. The molecule has 3 aromatic rings. The van der Waals surface area contributed by atoms with Gasteiger partial charge in [-0.25, -0.2) is 19.3 Å². The Hall–Kier alpha value is -3.14. The summed E-state index contributed by atoms with van der Waals surface area (Å²) in [6.45, 7) is 6.31. The Kier molecular flexibility index (Phi) is 7.59. The topological polar surface area (TPSA) is 108 Å².